The normalized spacial score (nSPS) is 19.4. The van der Waals surface area contributed by atoms with Crippen LogP contribution in [-0.4, -0.2) is 73.7 Å². The van der Waals surface area contributed by atoms with Gasteiger partial charge in [-0.25, -0.2) is 8.78 Å². The molecule has 2 saturated heterocycles. The van der Waals surface area contributed by atoms with E-state index in [4.69, 9.17) is 10.5 Å². The molecule has 3 N–H and O–H groups in total. The monoisotopic (exact) mass is 497 g/mol. The van der Waals surface area contributed by atoms with E-state index in [1.807, 2.05) is 18.2 Å². The van der Waals surface area contributed by atoms with Gasteiger partial charge < -0.3 is 20.7 Å². The number of piperazine rings is 1. The molecule has 0 spiro atoms. The Balaban J connectivity index is 1.41. The molecule has 9 heteroatoms. The highest BCUT2D eigenvalue weighted by Crippen LogP contribution is 2.27. The molecule has 1 amide bonds. The number of likely N-dealkylation sites (N-methyl/N-ethyl adjacent to an activating group) is 1. The van der Waals surface area contributed by atoms with E-state index in [0.29, 0.717) is 31.6 Å². The first-order valence-corrected chi connectivity index (χ1v) is 12.3. The number of amides is 1. The second-order valence-corrected chi connectivity index (χ2v) is 9.83. The molecule has 0 saturated carbocycles. The summed E-state index contributed by atoms with van der Waals surface area (Å²) in [6.45, 7) is 5.62. The first-order valence-electron chi connectivity index (χ1n) is 12.3. The first-order chi connectivity index (χ1) is 17.3. The molecule has 0 unspecified atom stereocenters. The van der Waals surface area contributed by atoms with Crippen LogP contribution in [-0.2, 0) is 22.5 Å². The largest absolute Gasteiger partial charge is 0.381 e. The molecule has 0 bridgehead atoms. The lowest BCUT2D eigenvalue weighted by atomic mass is 9.90. The molecule has 2 aromatic carbocycles. The van der Waals surface area contributed by atoms with Gasteiger partial charge in [0.25, 0.3) is 0 Å². The standard InChI is InChI=1S/C27H33F2N5O2/c1-33-8-10-34(11-9-33)18-19-2-4-20(5-3-19)23-16-24(28)21(15-25(23)29)14-22(17-30)32-26(35)27(31)6-12-36-13-7-27/h2-5,15-16,22H,6-14,18,31H2,1H3,(H,32,35)/t22-/m0/s1. The molecular weight excluding hydrogens is 464 g/mol. The summed E-state index contributed by atoms with van der Waals surface area (Å²) >= 11 is 0. The summed E-state index contributed by atoms with van der Waals surface area (Å²) in [7, 11) is 2.12. The number of nitrogens with one attached hydrogen (secondary N) is 1. The van der Waals surface area contributed by atoms with E-state index in [0.717, 1.165) is 50.4 Å². The minimum absolute atomic E-state index is 0.0211. The Hall–Kier alpha value is -2.90. The van der Waals surface area contributed by atoms with E-state index in [1.165, 1.54) is 0 Å². The van der Waals surface area contributed by atoms with Crippen molar-refractivity contribution in [2.24, 2.45) is 5.73 Å². The fraction of sp³-hybridized carbons (Fsp3) is 0.481. The molecule has 0 aliphatic carbocycles. The maximum atomic E-state index is 15.0. The molecule has 4 rings (SSSR count). The van der Waals surface area contributed by atoms with E-state index in [9.17, 15) is 14.4 Å². The third-order valence-corrected chi connectivity index (χ3v) is 7.13. The van der Waals surface area contributed by atoms with Crippen molar-refractivity contribution in [3.63, 3.8) is 0 Å². The zero-order valence-electron chi connectivity index (χ0n) is 20.6. The topological polar surface area (TPSA) is 94.6 Å². The van der Waals surface area contributed by atoms with Crippen LogP contribution in [0, 0.1) is 23.0 Å². The number of rotatable bonds is 7. The number of benzene rings is 2. The Morgan fingerprint density at radius 3 is 2.44 bits per heavy atom. The number of carbonyl (C=O) groups excluding carboxylic acids is 1. The summed E-state index contributed by atoms with van der Waals surface area (Å²) in [5.41, 5.74) is 6.91. The second kappa shape index (κ2) is 11.4. The third-order valence-electron chi connectivity index (χ3n) is 7.13. The van der Waals surface area contributed by atoms with Gasteiger partial charge in [0.05, 0.1) is 11.6 Å². The number of halogens is 2. The Kier molecular flexibility index (Phi) is 8.32. The predicted molar refractivity (Wildman–Crippen MR) is 133 cm³/mol. The van der Waals surface area contributed by atoms with Crippen molar-refractivity contribution in [3.05, 3.63) is 59.2 Å². The SMILES string of the molecule is CN1CCN(Cc2ccc(-c3cc(F)c(C[C@@H](C#N)NC(=O)C4(N)CCOCC4)cc3F)cc2)CC1. The highest BCUT2D eigenvalue weighted by Gasteiger charge is 2.37. The minimum Gasteiger partial charge on any atom is -0.381 e. The first kappa shape index (κ1) is 26.2. The van der Waals surface area contributed by atoms with Crippen LogP contribution >= 0.6 is 0 Å². The zero-order valence-corrected chi connectivity index (χ0v) is 20.6. The molecule has 2 aliphatic heterocycles. The quantitative estimate of drug-likeness (QED) is 0.610. The van der Waals surface area contributed by atoms with E-state index in [1.54, 1.807) is 12.1 Å². The lowest BCUT2D eigenvalue weighted by Gasteiger charge is -2.32. The van der Waals surface area contributed by atoms with Gasteiger partial charge in [-0.3, -0.25) is 9.69 Å². The molecule has 0 aromatic heterocycles. The van der Waals surface area contributed by atoms with E-state index < -0.39 is 29.1 Å². The lowest BCUT2D eigenvalue weighted by Crippen LogP contribution is -2.58. The summed E-state index contributed by atoms with van der Waals surface area (Å²) < 4.78 is 35.2. The van der Waals surface area contributed by atoms with Gasteiger partial charge >= 0.3 is 0 Å². The van der Waals surface area contributed by atoms with Crippen molar-refractivity contribution in [2.75, 3.05) is 46.4 Å². The summed E-state index contributed by atoms with van der Waals surface area (Å²) in [4.78, 5) is 17.3. The Bertz CT molecular complexity index is 1100. The number of ether oxygens (including phenoxy) is 1. The maximum absolute atomic E-state index is 15.0. The molecular formula is C27H33F2N5O2. The molecule has 7 nitrogen and oxygen atoms in total. The number of nitrogens with two attached hydrogens (primary N) is 1. The average Bonchev–Trinajstić information content (AvgIpc) is 2.88. The van der Waals surface area contributed by atoms with E-state index in [2.05, 4.69) is 22.2 Å². The third kappa shape index (κ3) is 6.26. The summed E-state index contributed by atoms with van der Waals surface area (Å²) in [5.74, 6) is -1.69. The number of nitrogens with zero attached hydrogens (tertiary/aromatic N) is 3. The fourth-order valence-electron chi connectivity index (χ4n) is 4.63. The van der Waals surface area contributed by atoms with Gasteiger partial charge in [0.2, 0.25) is 5.91 Å². The summed E-state index contributed by atoms with van der Waals surface area (Å²) in [6, 6.07) is 10.7. The summed E-state index contributed by atoms with van der Waals surface area (Å²) in [6.07, 6.45) is 0.507. The van der Waals surface area contributed by atoms with Crippen LogP contribution in [0.3, 0.4) is 0 Å². The van der Waals surface area contributed by atoms with Gasteiger partial charge in [-0.2, -0.15) is 5.26 Å². The maximum Gasteiger partial charge on any atom is 0.241 e. The van der Waals surface area contributed by atoms with Crippen LogP contribution in [0.5, 0.6) is 0 Å². The molecule has 192 valence electrons. The molecule has 2 aliphatic rings. The van der Waals surface area contributed by atoms with Crippen molar-refractivity contribution in [3.8, 4) is 17.2 Å². The zero-order chi connectivity index (χ0) is 25.7. The van der Waals surface area contributed by atoms with E-state index >= 15 is 4.39 Å². The highest BCUT2D eigenvalue weighted by atomic mass is 19.1. The second-order valence-electron chi connectivity index (χ2n) is 9.83. The minimum atomic E-state index is -1.13. The van der Waals surface area contributed by atoms with Gasteiger partial charge in [0.15, 0.2) is 0 Å². The number of hydrogen-bond acceptors (Lipinski definition) is 6. The van der Waals surface area contributed by atoms with Crippen molar-refractivity contribution < 1.29 is 18.3 Å². The smallest absolute Gasteiger partial charge is 0.241 e. The fourth-order valence-corrected chi connectivity index (χ4v) is 4.63. The molecule has 36 heavy (non-hydrogen) atoms. The number of nitriles is 1. The van der Waals surface area contributed by atoms with E-state index in [-0.39, 0.29) is 17.5 Å². The number of carbonyl (C=O) groups is 1. The molecule has 2 aromatic rings. The Labute approximate surface area is 210 Å². The predicted octanol–water partition coefficient (Wildman–Crippen LogP) is 2.44. The Morgan fingerprint density at radius 1 is 1.14 bits per heavy atom. The van der Waals surface area contributed by atoms with Crippen LogP contribution in [0.2, 0.25) is 0 Å². The van der Waals surface area contributed by atoms with Crippen molar-refractivity contribution in [1.82, 2.24) is 15.1 Å². The van der Waals surface area contributed by atoms with Crippen molar-refractivity contribution in [1.29, 1.82) is 5.26 Å². The van der Waals surface area contributed by atoms with Crippen LogP contribution in [0.1, 0.15) is 24.0 Å². The van der Waals surface area contributed by atoms with Gasteiger partial charge in [0, 0.05) is 57.9 Å². The Morgan fingerprint density at radius 2 is 1.81 bits per heavy atom. The van der Waals surface area contributed by atoms with Crippen molar-refractivity contribution in [2.45, 2.75) is 37.4 Å². The average molecular weight is 498 g/mol. The summed E-state index contributed by atoms with van der Waals surface area (Å²) in [5, 5.41) is 12.1. The van der Waals surface area contributed by atoms with Crippen LogP contribution < -0.4 is 11.1 Å². The van der Waals surface area contributed by atoms with Crippen molar-refractivity contribution >= 4 is 5.91 Å². The molecule has 0 radical (unpaired) electrons. The van der Waals surface area contributed by atoms with Gasteiger partial charge in [-0.15, -0.1) is 0 Å². The number of hydrogen-bond donors (Lipinski definition) is 2. The van der Waals surface area contributed by atoms with Crippen LogP contribution in [0.15, 0.2) is 36.4 Å². The highest BCUT2D eigenvalue weighted by molar-refractivity contribution is 5.86. The molecule has 2 heterocycles. The van der Waals surface area contributed by atoms with Crippen LogP contribution in [0.4, 0.5) is 8.78 Å². The van der Waals surface area contributed by atoms with Gasteiger partial charge in [-0.05, 0) is 48.7 Å². The van der Waals surface area contributed by atoms with Crippen LogP contribution in [0.25, 0.3) is 11.1 Å². The lowest BCUT2D eigenvalue weighted by molar-refractivity contribution is -0.130. The van der Waals surface area contributed by atoms with Gasteiger partial charge in [0.1, 0.15) is 17.7 Å². The molecule has 2 fully saturated rings. The molecule has 1 atom stereocenters. The van der Waals surface area contributed by atoms with Gasteiger partial charge in [-0.1, -0.05) is 24.3 Å².